The van der Waals surface area contributed by atoms with Crippen molar-refractivity contribution < 1.29 is 5.11 Å². The van der Waals surface area contributed by atoms with Crippen LogP contribution in [0.15, 0.2) is 18.2 Å². The molecule has 2 aliphatic rings. The van der Waals surface area contributed by atoms with Gasteiger partial charge in [-0.3, -0.25) is 0 Å². The third-order valence-corrected chi connectivity index (χ3v) is 4.41. The molecule has 1 aromatic carbocycles. The maximum Gasteiger partial charge on any atom is 0.0974 e. The van der Waals surface area contributed by atoms with Gasteiger partial charge in [-0.1, -0.05) is 30.2 Å². The summed E-state index contributed by atoms with van der Waals surface area (Å²) >= 11 is 6.21. The van der Waals surface area contributed by atoms with Crippen LogP contribution >= 0.6 is 11.6 Å². The highest BCUT2D eigenvalue weighted by atomic mass is 35.5. The summed E-state index contributed by atoms with van der Waals surface area (Å²) in [5, 5.41) is 11.3. The van der Waals surface area contributed by atoms with Crippen LogP contribution < -0.4 is 0 Å². The van der Waals surface area contributed by atoms with Crippen molar-refractivity contribution in [3.05, 3.63) is 34.3 Å². The predicted octanol–water partition coefficient (Wildman–Crippen LogP) is 3.27. The summed E-state index contributed by atoms with van der Waals surface area (Å²) in [7, 11) is 0. The summed E-state index contributed by atoms with van der Waals surface area (Å²) in [6.45, 7) is 2.02. The average Bonchev–Trinajstić information content (AvgIpc) is 2.63. The molecule has 1 aromatic rings. The van der Waals surface area contributed by atoms with Gasteiger partial charge in [-0.25, -0.2) is 0 Å². The van der Waals surface area contributed by atoms with E-state index in [2.05, 4.69) is 0 Å². The van der Waals surface area contributed by atoms with Crippen LogP contribution in [0.5, 0.6) is 0 Å². The van der Waals surface area contributed by atoms with Crippen LogP contribution in [0.4, 0.5) is 0 Å². The van der Waals surface area contributed by atoms with E-state index < -0.39 is 5.60 Å². The molecule has 0 spiro atoms. The van der Waals surface area contributed by atoms with E-state index in [0.29, 0.717) is 11.8 Å². The number of benzene rings is 1. The number of hydrogen-bond donors (Lipinski definition) is 1. The Kier molecular flexibility index (Phi) is 1.93. The van der Waals surface area contributed by atoms with Crippen LogP contribution in [0.2, 0.25) is 5.02 Å². The van der Waals surface area contributed by atoms with Crippen molar-refractivity contribution in [3.63, 3.8) is 0 Å². The maximum atomic E-state index is 10.6. The van der Waals surface area contributed by atoms with Crippen LogP contribution in [0.1, 0.15) is 30.4 Å². The fourth-order valence-electron chi connectivity index (χ4n) is 3.27. The third-order valence-electron chi connectivity index (χ3n) is 4.09. The number of halogens is 1. The first kappa shape index (κ1) is 9.68. The molecule has 2 unspecified atom stereocenters. The number of rotatable bonds is 1. The van der Waals surface area contributed by atoms with Crippen LogP contribution in [0.25, 0.3) is 0 Å². The van der Waals surface area contributed by atoms with Crippen molar-refractivity contribution in [2.24, 2.45) is 11.8 Å². The molecule has 0 amide bonds. The van der Waals surface area contributed by atoms with E-state index in [1.165, 1.54) is 6.42 Å². The molecule has 1 N–H and O–H groups in total. The van der Waals surface area contributed by atoms with E-state index in [4.69, 9.17) is 11.6 Å². The third kappa shape index (κ3) is 1.20. The number of fused-ring (bicyclic) bond motifs is 1. The quantitative estimate of drug-likeness (QED) is 0.774. The Labute approximate surface area is 95.1 Å². The molecule has 2 saturated carbocycles. The molecular weight excluding hydrogens is 208 g/mol. The lowest BCUT2D eigenvalue weighted by atomic mass is 9.98. The van der Waals surface area contributed by atoms with Crippen molar-refractivity contribution in [1.29, 1.82) is 0 Å². The second-order valence-corrected chi connectivity index (χ2v) is 5.36. The molecule has 0 aliphatic heterocycles. The normalized spacial score (nSPS) is 37.8. The Bertz CT molecular complexity index is 403. The molecule has 3 rings (SSSR count). The monoisotopic (exact) mass is 222 g/mol. The highest BCUT2D eigenvalue weighted by Crippen LogP contribution is 2.67. The van der Waals surface area contributed by atoms with Gasteiger partial charge < -0.3 is 5.11 Å². The lowest BCUT2D eigenvalue weighted by molar-refractivity contribution is 0.105. The fourth-order valence-corrected chi connectivity index (χ4v) is 3.65. The van der Waals surface area contributed by atoms with E-state index in [-0.39, 0.29) is 0 Å². The molecule has 0 bridgehead atoms. The molecule has 1 nitrogen and oxygen atoms in total. The second kappa shape index (κ2) is 2.99. The average molecular weight is 223 g/mol. The minimum Gasteiger partial charge on any atom is -0.385 e. The summed E-state index contributed by atoms with van der Waals surface area (Å²) in [6.07, 6.45) is 3.58. The van der Waals surface area contributed by atoms with E-state index in [9.17, 15) is 5.11 Å². The molecule has 0 aromatic heterocycles. The van der Waals surface area contributed by atoms with Gasteiger partial charge in [0.1, 0.15) is 0 Å². The number of hydrogen-bond acceptors (Lipinski definition) is 1. The molecule has 2 heteroatoms. The highest BCUT2D eigenvalue weighted by Gasteiger charge is 2.66. The van der Waals surface area contributed by atoms with Crippen molar-refractivity contribution >= 4 is 11.6 Å². The standard InChI is InChI=1S/C13H15ClO/c1-8-5-6-11(12(14)7-8)13(15)9-3-2-4-10(9)13/h5-7,9-10,15H,2-4H2,1H3. The zero-order chi connectivity index (χ0) is 10.6. The Morgan fingerprint density at radius 3 is 2.60 bits per heavy atom. The van der Waals surface area contributed by atoms with Crippen molar-refractivity contribution in [1.82, 2.24) is 0 Å². The molecule has 0 heterocycles. The smallest absolute Gasteiger partial charge is 0.0974 e. The van der Waals surface area contributed by atoms with Crippen LogP contribution in [-0.4, -0.2) is 5.11 Å². The van der Waals surface area contributed by atoms with Crippen molar-refractivity contribution in [2.75, 3.05) is 0 Å². The zero-order valence-corrected chi connectivity index (χ0v) is 9.59. The van der Waals surface area contributed by atoms with Crippen LogP contribution in [0, 0.1) is 18.8 Å². The molecule has 2 atom stereocenters. The summed E-state index contributed by atoms with van der Waals surface area (Å²) in [4.78, 5) is 0. The minimum absolute atomic E-state index is 0.470. The van der Waals surface area contributed by atoms with Gasteiger partial charge in [0, 0.05) is 10.6 Å². The number of aryl methyl sites for hydroxylation is 1. The van der Waals surface area contributed by atoms with Gasteiger partial charge in [-0.05, 0) is 43.2 Å². The zero-order valence-electron chi connectivity index (χ0n) is 8.83. The molecule has 2 aliphatic carbocycles. The molecule has 0 saturated heterocycles. The van der Waals surface area contributed by atoms with Gasteiger partial charge in [-0.2, -0.15) is 0 Å². The molecule has 0 radical (unpaired) electrons. The van der Waals surface area contributed by atoms with Gasteiger partial charge in [0.05, 0.1) is 5.60 Å². The summed E-state index contributed by atoms with van der Waals surface area (Å²) in [5.41, 5.74) is 1.51. The lowest BCUT2D eigenvalue weighted by Gasteiger charge is -2.16. The van der Waals surface area contributed by atoms with Crippen molar-refractivity contribution in [3.8, 4) is 0 Å². The van der Waals surface area contributed by atoms with E-state index in [0.717, 1.165) is 29.0 Å². The van der Waals surface area contributed by atoms with Gasteiger partial charge >= 0.3 is 0 Å². The molecule has 80 valence electrons. The summed E-state index contributed by atoms with van der Waals surface area (Å²) in [6, 6.07) is 5.98. The van der Waals surface area contributed by atoms with Crippen LogP contribution in [-0.2, 0) is 5.60 Å². The SMILES string of the molecule is Cc1ccc(C2(O)C3CCCC32)c(Cl)c1. The topological polar surface area (TPSA) is 20.2 Å². The van der Waals surface area contributed by atoms with Crippen LogP contribution in [0.3, 0.4) is 0 Å². The molecule has 15 heavy (non-hydrogen) atoms. The molecular formula is C13H15ClO. The van der Waals surface area contributed by atoms with Gasteiger partial charge in [0.15, 0.2) is 0 Å². The summed E-state index contributed by atoms with van der Waals surface area (Å²) < 4.78 is 0. The second-order valence-electron chi connectivity index (χ2n) is 4.95. The fraction of sp³-hybridized carbons (Fsp3) is 0.538. The Morgan fingerprint density at radius 2 is 2.00 bits per heavy atom. The van der Waals surface area contributed by atoms with Gasteiger partial charge in [0.25, 0.3) is 0 Å². The Morgan fingerprint density at radius 1 is 1.33 bits per heavy atom. The maximum absolute atomic E-state index is 10.6. The Balaban J connectivity index is 2.00. The molecule has 2 fully saturated rings. The van der Waals surface area contributed by atoms with E-state index >= 15 is 0 Å². The summed E-state index contributed by atoms with van der Waals surface area (Å²) in [5.74, 6) is 0.940. The Hall–Kier alpha value is -0.530. The first-order valence-corrected chi connectivity index (χ1v) is 6.01. The van der Waals surface area contributed by atoms with E-state index in [1.807, 2.05) is 25.1 Å². The predicted molar refractivity (Wildman–Crippen MR) is 60.9 cm³/mol. The number of aliphatic hydroxyl groups is 1. The van der Waals surface area contributed by atoms with Gasteiger partial charge in [0.2, 0.25) is 0 Å². The lowest BCUT2D eigenvalue weighted by Crippen LogP contribution is -2.13. The first-order chi connectivity index (χ1) is 7.14. The van der Waals surface area contributed by atoms with Gasteiger partial charge in [-0.15, -0.1) is 0 Å². The van der Waals surface area contributed by atoms with Crippen molar-refractivity contribution in [2.45, 2.75) is 31.8 Å². The largest absolute Gasteiger partial charge is 0.385 e. The first-order valence-electron chi connectivity index (χ1n) is 5.63. The minimum atomic E-state index is -0.594. The van der Waals surface area contributed by atoms with E-state index in [1.54, 1.807) is 0 Å². The highest BCUT2D eigenvalue weighted by molar-refractivity contribution is 6.31.